The number of H-pyrrole nitrogens is 1. The zero-order chi connectivity index (χ0) is 18.8. The second-order valence-corrected chi connectivity index (χ2v) is 8.78. The molecule has 1 saturated carbocycles. The molecule has 0 unspecified atom stereocenters. The smallest absolute Gasteiger partial charge is 0.306 e. The molecule has 1 aromatic heterocycles. The van der Waals surface area contributed by atoms with Crippen molar-refractivity contribution in [3.63, 3.8) is 0 Å². The van der Waals surface area contributed by atoms with E-state index in [2.05, 4.69) is 4.98 Å². The fraction of sp³-hybridized carbons (Fsp3) is 0.500. The number of nitrogens with two attached hydrogens (primary N) is 1. The molecule has 0 amide bonds. The molecular formula is C20H24ClN3O2S. The number of carbonyl (C=O) groups excluding carboxylic acids is 1. The van der Waals surface area contributed by atoms with Crippen molar-refractivity contribution in [2.75, 3.05) is 11.5 Å². The fourth-order valence-electron chi connectivity index (χ4n) is 3.77. The van der Waals surface area contributed by atoms with Crippen molar-refractivity contribution >= 4 is 51.0 Å². The summed E-state index contributed by atoms with van der Waals surface area (Å²) in [6.07, 6.45) is 6.94. The Balaban J connectivity index is 1.35. The van der Waals surface area contributed by atoms with E-state index in [0.717, 1.165) is 46.7 Å². The van der Waals surface area contributed by atoms with Crippen LogP contribution < -0.4 is 5.73 Å². The summed E-state index contributed by atoms with van der Waals surface area (Å²) in [7, 11) is 0. The minimum atomic E-state index is -0.0800. The normalized spacial score (nSPS) is 20.8. The number of hydrogen-bond donors (Lipinski definition) is 2. The molecular weight excluding hydrogens is 382 g/mol. The number of rotatable bonds is 5. The minimum absolute atomic E-state index is 0.0800. The standard InChI is InChI=1S/C20H24ClN3O2S/c21-13-8-12-9-17(24-19(12)16(22)10-13)20-23-14(11-27-20)6-7-18(25)26-15-4-2-1-3-5-15/h8-10,14-15,24H,1-7,11,22H2/t14-/m1/s1. The third-order valence-electron chi connectivity index (χ3n) is 5.20. The lowest BCUT2D eigenvalue weighted by Crippen LogP contribution is -2.21. The number of aromatic amines is 1. The average molecular weight is 406 g/mol. The number of nitrogens with zero attached hydrogens (tertiary/aromatic N) is 1. The molecule has 3 N–H and O–H groups in total. The van der Waals surface area contributed by atoms with Gasteiger partial charge in [-0.15, -0.1) is 11.8 Å². The summed E-state index contributed by atoms with van der Waals surface area (Å²) in [5, 5.41) is 2.58. The number of halogens is 1. The maximum atomic E-state index is 12.1. The van der Waals surface area contributed by atoms with Crippen LogP contribution in [-0.2, 0) is 9.53 Å². The highest BCUT2D eigenvalue weighted by Crippen LogP contribution is 2.31. The van der Waals surface area contributed by atoms with Gasteiger partial charge in [-0.25, -0.2) is 0 Å². The van der Waals surface area contributed by atoms with Crippen LogP contribution in [0.3, 0.4) is 0 Å². The van der Waals surface area contributed by atoms with Gasteiger partial charge in [0.1, 0.15) is 11.1 Å². The topological polar surface area (TPSA) is 80.5 Å². The number of ether oxygens (including phenoxy) is 1. The van der Waals surface area contributed by atoms with E-state index in [1.165, 1.54) is 19.3 Å². The van der Waals surface area contributed by atoms with E-state index in [1.807, 2.05) is 12.1 Å². The van der Waals surface area contributed by atoms with Crippen LogP contribution in [0.2, 0.25) is 5.02 Å². The van der Waals surface area contributed by atoms with Crippen LogP contribution in [0.4, 0.5) is 5.69 Å². The summed E-state index contributed by atoms with van der Waals surface area (Å²) in [5.41, 5.74) is 8.52. The van der Waals surface area contributed by atoms with Crippen LogP contribution in [0.5, 0.6) is 0 Å². The molecule has 2 aliphatic rings. The van der Waals surface area contributed by atoms with Crippen LogP contribution in [-0.4, -0.2) is 33.9 Å². The van der Waals surface area contributed by atoms with Crippen molar-refractivity contribution in [1.82, 2.24) is 4.98 Å². The predicted octanol–water partition coefficient (Wildman–Crippen LogP) is 4.92. The Labute approximate surface area is 168 Å². The lowest BCUT2D eigenvalue weighted by atomic mass is 9.98. The number of carbonyl (C=O) groups is 1. The van der Waals surface area contributed by atoms with E-state index in [4.69, 9.17) is 27.1 Å². The molecule has 1 atom stereocenters. The summed E-state index contributed by atoms with van der Waals surface area (Å²) in [6, 6.07) is 5.82. The lowest BCUT2D eigenvalue weighted by Gasteiger charge is -2.21. The van der Waals surface area contributed by atoms with Gasteiger partial charge in [0.25, 0.3) is 0 Å². The summed E-state index contributed by atoms with van der Waals surface area (Å²) < 4.78 is 5.60. The van der Waals surface area contributed by atoms with E-state index < -0.39 is 0 Å². The monoisotopic (exact) mass is 405 g/mol. The summed E-state index contributed by atoms with van der Waals surface area (Å²) in [4.78, 5) is 20.2. The fourth-order valence-corrected chi connectivity index (χ4v) is 5.09. The van der Waals surface area contributed by atoms with Crippen molar-refractivity contribution in [3.05, 3.63) is 28.9 Å². The van der Waals surface area contributed by atoms with E-state index >= 15 is 0 Å². The number of esters is 1. The number of hydrogen-bond acceptors (Lipinski definition) is 5. The van der Waals surface area contributed by atoms with Crippen molar-refractivity contribution in [2.45, 2.75) is 57.1 Å². The van der Waals surface area contributed by atoms with Gasteiger partial charge in [0.2, 0.25) is 0 Å². The maximum absolute atomic E-state index is 12.1. The number of aromatic nitrogens is 1. The minimum Gasteiger partial charge on any atom is -0.462 e. The summed E-state index contributed by atoms with van der Waals surface area (Å²) in [6.45, 7) is 0. The van der Waals surface area contributed by atoms with Crippen LogP contribution >= 0.6 is 23.4 Å². The SMILES string of the molecule is Nc1cc(Cl)cc2cc(C3=N[C@H](CCC(=O)OC4CCCCC4)CS3)[nH]c12. The first-order chi connectivity index (χ1) is 13.1. The van der Waals surface area contributed by atoms with Gasteiger partial charge in [0.15, 0.2) is 0 Å². The highest BCUT2D eigenvalue weighted by molar-refractivity contribution is 8.14. The maximum Gasteiger partial charge on any atom is 0.306 e. The Morgan fingerprint density at radius 1 is 1.30 bits per heavy atom. The zero-order valence-corrected chi connectivity index (χ0v) is 16.7. The molecule has 2 aromatic rings. The highest BCUT2D eigenvalue weighted by atomic mass is 35.5. The molecule has 144 valence electrons. The predicted molar refractivity (Wildman–Crippen MR) is 113 cm³/mol. The number of nitrogens with one attached hydrogen (secondary N) is 1. The summed E-state index contributed by atoms with van der Waals surface area (Å²) in [5.74, 6) is 0.807. The van der Waals surface area contributed by atoms with Crippen LogP contribution in [0.25, 0.3) is 10.9 Å². The molecule has 2 heterocycles. The number of anilines is 1. The van der Waals surface area contributed by atoms with E-state index in [1.54, 1.807) is 17.8 Å². The van der Waals surface area contributed by atoms with E-state index in [9.17, 15) is 4.79 Å². The number of nitrogen functional groups attached to an aromatic ring is 1. The molecule has 1 aliphatic carbocycles. The number of aliphatic imine (C=N–C) groups is 1. The molecule has 0 radical (unpaired) electrons. The van der Waals surface area contributed by atoms with Crippen molar-refractivity contribution in [3.8, 4) is 0 Å². The van der Waals surface area contributed by atoms with Gasteiger partial charge >= 0.3 is 5.97 Å². The van der Waals surface area contributed by atoms with Crippen LogP contribution in [0, 0.1) is 0 Å². The summed E-state index contributed by atoms with van der Waals surface area (Å²) >= 11 is 7.79. The van der Waals surface area contributed by atoms with Crippen LogP contribution in [0.1, 0.15) is 50.6 Å². The van der Waals surface area contributed by atoms with E-state index in [-0.39, 0.29) is 18.1 Å². The van der Waals surface area contributed by atoms with Gasteiger partial charge in [-0.1, -0.05) is 18.0 Å². The molecule has 1 fully saturated rings. The van der Waals surface area contributed by atoms with Gasteiger partial charge in [0, 0.05) is 22.6 Å². The zero-order valence-electron chi connectivity index (χ0n) is 15.2. The molecule has 0 spiro atoms. The molecule has 4 rings (SSSR count). The molecule has 1 aliphatic heterocycles. The van der Waals surface area contributed by atoms with Crippen LogP contribution in [0.15, 0.2) is 23.2 Å². The molecule has 5 nitrogen and oxygen atoms in total. The molecule has 0 saturated heterocycles. The first-order valence-electron chi connectivity index (χ1n) is 9.56. The quantitative estimate of drug-likeness (QED) is 0.546. The first-order valence-corrected chi connectivity index (χ1v) is 10.9. The third-order valence-corrected chi connectivity index (χ3v) is 6.57. The first kappa shape index (κ1) is 18.7. The lowest BCUT2D eigenvalue weighted by molar-refractivity contribution is -0.150. The Bertz CT molecular complexity index is 873. The Hall–Kier alpha value is -1.66. The molecule has 0 bridgehead atoms. The van der Waals surface area contributed by atoms with Gasteiger partial charge in [-0.2, -0.15) is 0 Å². The third kappa shape index (κ3) is 4.43. The molecule has 27 heavy (non-hydrogen) atoms. The molecule has 1 aromatic carbocycles. The second-order valence-electron chi connectivity index (χ2n) is 7.33. The highest BCUT2D eigenvalue weighted by Gasteiger charge is 2.23. The van der Waals surface area contributed by atoms with Crippen molar-refractivity contribution in [2.24, 2.45) is 4.99 Å². The second kappa shape index (κ2) is 8.15. The number of fused-ring (bicyclic) bond motifs is 1. The van der Waals surface area contributed by atoms with Gasteiger partial charge < -0.3 is 15.5 Å². The number of benzene rings is 1. The molecule has 7 heteroatoms. The Morgan fingerprint density at radius 3 is 2.93 bits per heavy atom. The van der Waals surface area contributed by atoms with E-state index in [0.29, 0.717) is 17.1 Å². The number of thioether (sulfide) groups is 1. The average Bonchev–Trinajstić information content (AvgIpc) is 3.27. The Kier molecular flexibility index (Phi) is 5.64. The Morgan fingerprint density at radius 2 is 2.11 bits per heavy atom. The van der Waals surface area contributed by atoms with Gasteiger partial charge in [-0.05, 0) is 50.3 Å². The van der Waals surface area contributed by atoms with Gasteiger partial charge in [-0.3, -0.25) is 9.79 Å². The van der Waals surface area contributed by atoms with Crippen molar-refractivity contribution < 1.29 is 9.53 Å². The van der Waals surface area contributed by atoms with Gasteiger partial charge in [0.05, 0.1) is 22.9 Å². The largest absolute Gasteiger partial charge is 0.462 e. The van der Waals surface area contributed by atoms with Crippen molar-refractivity contribution in [1.29, 1.82) is 0 Å².